The van der Waals surface area contributed by atoms with Crippen molar-refractivity contribution >= 4 is 5.82 Å². The molecule has 2 aromatic heterocycles. The lowest BCUT2D eigenvalue weighted by atomic mass is 10.2. The van der Waals surface area contributed by atoms with E-state index in [1.54, 1.807) is 6.33 Å². The van der Waals surface area contributed by atoms with Gasteiger partial charge in [-0.3, -0.25) is 4.90 Å². The van der Waals surface area contributed by atoms with Gasteiger partial charge in [0.2, 0.25) is 0 Å². The third-order valence-electron chi connectivity index (χ3n) is 4.10. The van der Waals surface area contributed by atoms with Crippen molar-refractivity contribution in [1.29, 1.82) is 0 Å². The minimum atomic E-state index is -0.0126. The average Bonchev–Trinajstić information content (AvgIpc) is 3.04. The number of aromatic nitrogens is 4. The Morgan fingerprint density at radius 1 is 1.39 bits per heavy atom. The SMILES string of the molecule is CCn1cnnc1C1CN(Cc2ccnc(N(C)C)c2)CCO1. The van der Waals surface area contributed by atoms with Gasteiger partial charge in [0.25, 0.3) is 0 Å². The van der Waals surface area contributed by atoms with Gasteiger partial charge in [-0.1, -0.05) is 0 Å². The third-order valence-corrected chi connectivity index (χ3v) is 4.10. The zero-order chi connectivity index (χ0) is 16.2. The van der Waals surface area contributed by atoms with Crippen LogP contribution in [0.1, 0.15) is 24.4 Å². The van der Waals surface area contributed by atoms with Gasteiger partial charge in [0, 0.05) is 46.5 Å². The normalized spacial score (nSPS) is 19.0. The largest absolute Gasteiger partial charge is 0.368 e. The van der Waals surface area contributed by atoms with E-state index in [1.807, 2.05) is 29.8 Å². The summed E-state index contributed by atoms with van der Waals surface area (Å²) in [6.45, 7) is 6.32. The monoisotopic (exact) mass is 316 g/mol. The highest BCUT2D eigenvalue weighted by molar-refractivity contribution is 5.39. The van der Waals surface area contributed by atoms with Crippen LogP contribution in [-0.4, -0.2) is 58.4 Å². The molecule has 3 heterocycles. The van der Waals surface area contributed by atoms with E-state index >= 15 is 0 Å². The summed E-state index contributed by atoms with van der Waals surface area (Å²) < 4.78 is 7.96. The molecule has 0 radical (unpaired) electrons. The Balaban J connectivity index is 1.68. The van der Waals surface area contributed by atoms with Crippen LogP contribution in [0.2, 0.25) is 0 Å². The quantitative estimate of drug-likeness (QED) is 0.829. The van der Waals surface area contributed by atoms with Crippen LogP contribution in [0, 0.1) is 0 Å². The first kappa shape index (κ1) is 15.9. The molecule has 1 unspecified atom stereocenters. The van der Waals surface area contributed by atoms with Crippen molar-refractivity contribution in [2.75, 3.05) is 38.7 Å². The molecule has 0 aliphatic carbocycles. The fraction of sp³-hybridized carbons (Fsp3) is 0.562. The summed E-state index contributed by atoms with van der Waals surface area (Å²) in [5.74, 6) is 1.90. The van der Waals surface area contributed by atoms with Crippen molar-refractivity contribution in [3.05, 3.63) is 36.0 Å². The first-order chi connectivity index (χ1) is 11.2. The Bertz CT molecular complexity index is 641. The zero-order valence-corrected chi connectivity index (χ0v) is 14.0. The van der Waals surface area contributed by atoms with Crippen LogP contribution in [0.5, 0.6) is 0 Å². The number of hydrogen-bond acceptors (Lipinski definition) is 6. The number of aryl methyl sites for hydroxylation is 1. The molecule has 1 atom stereocenters. The molecule has 1 aliphatic rings. The Kier molecular flexibility index (Phi) is 4.88. The zero-order valence-electron chi connectivity index (χ0n) is 14.0. The molecule has 124 valence electrons. The molecule has 0 aromatic carbocycles. The highest BCUT2D eigenvalue weighted by Crippen LogP contribution is 2.22. The van der Waals surface area contributed by atoms with Gasteiger partial charge in [0.1, 0.15) is 18.2 Å². The fourth-order valence-electron chi connectivity index (χ4n) is 2.82. The van der Waals surface area contributed by atoms with Crippen LogP contribution in [0.15, 0.2) is 24.7 Å². The molecule has 0 spiro atoms. The first-order valence-corrected chi connectivity index (χ1v) is 8.01. The summed E-state index contributed by atoms with van der Waals surface area (Å²) in [4.78, 5) is 8.79. The number of rotatable bonds is 5. The van der Waals surface area contributed by atoms with E-state index in [-0.39, 0.29) is 6.10 Å². The van der Waals surface area contributed by atoms with Crippen molar-refractivity contribution in [2.24, 2.45) is 0 Å². The van der Waals surface area contributed by atoms with Crippen LogP contribution in [0.4, 0.5) is 5.82 Å². The summed E-state index contributed by atoms with van der Waals surface area (Å²) >= 11 is 0. The van der Waals surface area contributed by atoms with Gasteiger partial charge in [-0.15, -0.1) is 10.2 Å². The molecule has 1 aliphatic heterocycles. The molecule has 1 fully saturated rings. The smallest absolute Gasteiger partial charge is 0.163 e. The second-order valence-corrected chi connectivity index (χ2v) is 5.99. The van der Waals surface area contributed by atoms with Gasteiger partial charge in [0.15, 0.2) is 5.82 Å². The summed E-state index contributed by atoms with van der Waals surface area (Å²) in [7, 11) is 4.02. The second kappa shape index (κ2) is 7.06. The summed E-state index contributed by atoms with van der Waals surface area (Å²) in [6, 6.07) is 4.21. The van der Waals surface area contributed by atoms with E-state index in [2.05, 4.69) is 39.1 Å². The maximum atomic E-state index is 5.91. The van der Waals surface area contributed by atoms with Gasteiger partial charge in [-0.05, 0) is 24.6 Å². The van der Waals surface area contributed by atoms with E-state index in [0.717, 1.165) is 37.8 Å². The molecule has 0 N–H and O–H groups in total. The minimum Gasteiger partial charge on any atom is -0.368 e. The van der Waals surface area contributed by atoms with Crippen LogP contribution < -0.4 is 4.90 Å². The van der Waals surface area contributed by atoms with Gasteiger partial charge < -0.3 is 14.2 Å². The van der Waals surface area contributed by atoms with Crippen LogP contribution in [0.3, 0.4) is 0 Å². The predicted molar refractivity (Wildman–Crippen MR) is 88.2 cm³/mol. The first-order valence-electron chi connectivity index (χ1n) is 8.01. The molecular formula is C16H24N6O. The number of anilines is 1. The number of nitrogens with zero attached hydrogens (tertiary/aromatic N) is 6. The molecule has 7 heteroatoms. The minimum absolute atomic E-state index is 0.0126. The Morgan fingerprint density at radius 2 is 2.26 bits per heavy atom. The van der Waals surface area contributed by atoms with Crippen molar-refractivity contribution in [2.45, 2.75) is 26.1 Å². The van der Waals surface area contributed by atoms with E-state index in [9.17, 15) is 0 Å². The van der Waals surface area contributed by atoms with Crippen molar-refractivity contribution < 1.29 is 4.74 Å². The molecule has 0 amide bonds. The predicted octanol–water partition coefficient (Wildman–Crippen LogP) is 1.33. The number of ether oxygens (including phenoxy) is 1. The lowest BCUT2D eigenvalue weighted by molar-refractivity contribution is -0.0388. The number of pyridine rings is 1. The molecule has 23 heavy (non-hydrogen) atoms. The standard InChI is InChI=1S/C16H24N6O/c1-4-22-12-18-19-16(22)14-11-21(7-8-23-14)10-13-5-6-17-15(9-13)20(2)3/h5-6,9,12,14H,4,7-8,10-11H2,1-3H3. The summed E-state index contributed by atoms with van der Waals surface area (Å²) in [6.07, 6.45) is 3.63. The second-order valence-electron chi connectivity index (χ2n) is 5.99. The van der Waals surface area contributed by atoms with Crippen molar-refractivity contribution in [3.8, 4) is 0 Å². The lowest BCUT2D eigenvalue weighted by Crippen LogP contribution is -2.38. The Hall–Kier alpha value is -1.99. The maximum absolute atomic E-state index is 5.91. The molecule has 3 rings (SSSR count). The maximum Gasteiger partial charge on any atom is 0.163 e. The number of morpholine rings is 1. The topological polar surface area (TPSA) is 59.3 Å². The molecule has 2 aromatic rings. The van der Waals surface area contributed by atoms with Crippen LogP contribution in [0.25, 0.3) is 0 Å². The van der Waals surface area contributed by atoms with E-state index < -0.39 is 0 Å². The summed E-state index contributed by atoms with van der Waals surface area (Å²) in [5, 5.41) is 8.24. The van der Waals surface area contributed by atoms with Crippen molar-refractivity contribution in [1.82, 2.24) is 24.6 Å². The molecule has 0 bridgehead atoms. The van der Waals surface area contributed by atoms with Gasteiger partial charge in [-0.2, -0.15) is 0 Å². The van der Waals surface area contributed by atoms with E-state index in [4.69, 9.17) is 4.74 Å². The van der Waals surface area contributed by atoms with Crippen LogP contribution >= 0.6 is 0 Å². The molecular weight excluding hydrogens is 292 g/mol. The molecule has 7 nitrogen and oxygen atoms in total. The average molecular weight is 316 g/mol. The van der Waals surface area contributed by atoms with Gasteiger partial charge >= 0.3 is 0 Å². The van der Waals surface area contributed by atoms with Gasteiger partial charge in [-0.25, -0.2) is 4.98 Å². The van der Waals surface area contributed by atoms with Gasteiger partial charge in [0.05, 0.1) is 6.61 Å². The number of hydrogen-bond donors (Lipinski definition) is 0. The van der Waals surface area contributed by atoms with Crippen molar-refractivity contribution in [3.63, 3.8) is 0 Å². The van der Waals surface area contributed by atoms with Crippen LogP contribution in [-0.2, 0) is 17.8 Å². The summed E-state index contributed by atoms with van der Waals surface area (Å²) in [5.41, 5.74) is 1.27. The third kappa shape index (κ3) is 3.68. The Labute approximate surface area is 136 Å². The van der Waals surface area contributed by atoms with E-state index in [1.165, 1.54) is 5.56 Å². The Morgan fingerprint density at radius 3 is 3.04 bits per heavy atom. The van der Waals surface area contributed by atoms with E-state index in [0.29, 0.717) is 6.61 Å². The molecule has 0 saturated carbocycles. The lowest BCUT2D eigenvalue weighted by Gasteiger charge is -2.32. The molecule has 1 saturated heterocycles. The highest BCUT2D eigenvalue weighted by Gasteiger charge is 2.25. The fourth-order valence-corrected chi connectivity index (χ4v) is 2.82. The highest BCUT2D eigenvalue weighted by atomic mass is 16.5.